The number of aryl methyl sites for hydroxylation is 3. The molecule has 0 unspecified atom stereocenters. The highest BCUT2D eigenvalue weighted by molar-refractivity contribution is 9.10. The van der Waals surface area contributed by atoms with Crippen LogP contribution in [0, 0.1) is 6.92 Å². The average Bonchev–Trinajstić information content (AvgIpc) is 3.22. The van der Waals surface area contributed by atoms with Crippen LogP contribution in [0.5, 0.6) is 0 Å². The van der Waals surface area contributed by atoms with Crippen molar-refractivity contribution in [1.29, 1.82) is 0 Å². The second-order valence-corrected chi connectivity index (χ2v) is 7.76. The number of carbonyl (C=O) groups is 2. The SMILES string of the molecule is CCc1ccc(-c2noc(CCC(=O)NCC(=O)Nc3ccc(Br)cc3C)n2)cc1. The van der Waals surface area contributed by atoms with E-state index in [1.165, 1.54) is 5.56 Å². The Hall–Kier alpha value is -3.00. The zero-order valence-corrected chi connectivity index (χ0v) is 18.5. The van der Waals surface area contributed by atoms with Gasteiger partial charge in [-0.05, 0) is 42.7 Å². The topological polar surface area (TPSA) is 97.1 Å². The van der Waals surface area contributed by atoms with Crippen molar-refractivity contribution in [3.8, 4) is 11.4 Å². The lowest BCUT2D eigenvalue weighted by molar-refractivity contribution is -0.124. The Kier molecular flexibility index (Phi) is 7.35. The highest BCUT2D eigenvalue weighted by Crippen LogP contribution is 2.20. The summed E-state index contributed by atoms with van der Waals surface area (Å²) in [7, 11) is 0. The molecule has 1 aromatic heterocycles. The van der Waals surface area contributed by atoms with E-state index >= 15 is 0 Å². The largest absolute Gasteiger partial charge is 0.347 e. The third-order valence-corrected chi connectivity index (χ3v) is 5.06. The molecule has 0 aliphatic heterocycles. The van der Waals surface area contributed by atoms with Crippen molar-refractivity contribution in [2.45, 2.75) is 33.1 Å². The number of anilines is 1. The third-order valence-electron chi connectivity index (χ3n) is 4.56. The molecule has 0 saturated carbocycles. The van der Waals surface area contributed by atoms with Crippen molar-refractivity contribution in [2.75, 3.05) is 11.9 Å². The molecule has 0 aliphatic carbocycles. The van der Waals surface area contributed by atoms with Crippen LogP contribution in [0.15, 0.2) is 51.5 Å². The molecule has 3 rings (SSSR count). The van der Waals surface area contributed by atoms with Gasteiger partial charge in [-0.2, -0.15) is 4.98 Å². The van der Waals surface area contributed by atoms with Crippen LogP contribution < -0.4 is 10.6 Å². The van der Waals surface area contributed by atoms with E-state index < -0.39 is 0 Å². The Morgan fingerprint density at radius 3 is 2.57 bits per heavy atom. The van der Waals surface area contributed by atoms with E-state index in [0.717, 1.165) is 22.0 Å². The number of hydrogen-bond donors (Lipinski definition) is 2. The van der Waals surface area contributed by atoms with Crippen LogP contribution in [0.1, 0.15) is 30.4 Å². The zero-order valence-electron chi connectivity index (χ0n) is 16.9. The van der Waals surface area contributed by atoms with Gasteiger partial charge < -0.3 is 15.2 Å². The quantitative estimate of drug-likeness (QED) is 0.517. The Morgan fingerprint density at radius 1 is 1.10 bits per heavy atom. The van der Waals surface area contributed by atoms with Gasteiger partial charge in [0, 0.05) is 28.6 Å². The molecular formula is C22H23BrN4O3. The number of nitrogens with one attached hydrogen (secondary N) is 2. The van der Waals surface area contributed by atoms with Gasteiger partial charge in [0.2, 0.25) is 23.5 Å². The Labute approximate surface area is 183 Å². The van der Waals surface area contributed by atoms with Crippen molar-refractivity contribution in [2.24, 2.45) is 0 Å². The second kappa shape index (κ2) is 10.2. The number of aromatic nitrogens is 2. The summed E-state index contributed by atoms with van der Waals surface area (Å²) in [6.45, 7) is 3.89. The minimum atomic E-state index is -0.288. The molecular weight excluding hydrogens is 448 g/mol. The molecule has 7 nitrogen and oxygen atoms in total. The van der Waals surface area contributed by atoms with Crippen molar-refractivity contribution in [3.63, 3.8) is 0 Å². The predicted molar refractivity (Wildman–Crippen MR) is 118 cm³/mol. The fraction of sp³-hybridized carbons (Fsp3) is 0.273. The maximum Gasteiger partial charge on any atom is 0.243 e. The number of hydrogen-bond acceptors (Lipinski definition) is 5. The van der Waals surface area contributed by atoms with Gasteiger partial charge in [-0.15, -0.1) is 0 Å². The molecule has 2 N–H and O–H groups in total. The van der Waals surface area contributed by atoms with Crippen LogP contribution in [-0.4, -0.2) is 28.5 Å². The minimum absolute atomic E-state index is 0.104. The third kappa shape index (κ3) is 6.00. The fourth-order valence-corrected chi connectivity index (χ4v) is 3.29. The lowest BCUT2D eigenvalue weighted by Gasteiger charge is -2.09. The van der Waals surface area contributed by atoms with Gasteiger partial charge in [0.15, 0.2) is 0 Å². The van der Waals surface area contributed by atoms with Crippen LogP contribution >= 0.6 is 15.9 Å². The van der Waals surface area contributed by atoms with E-state index in [9.17, 15) is 9.59 Å². The van der Waals surface area contributed by atoms with E-state index in [4.69, 9.17) is 4.52 Å². The molecule has 156 valence electrons. The monoisotopic (exact) mass is 470 g/mol. The summed E-state index contributed by atoms with van der Waals surface area (Å²) >= 11 is 3.38. The second-order valence-electron chi connectivity index (χ2n) is 6.85. The molecule has 0 bridgehead atoms. The lowest BCUT2D eigenvalue weighted by Crippen LogP contribution is -2.33. The Bertz CT molecular complexity index is 1030. The van der Waals surface area contributed by atoms with E-state index in [1.807, 2.05) is 49.4 Å². The van der Waals surface area contributed by atoms with Crippen LogP contribution in [0.4, 0.5) is 5.69 Å². The van der Waals surface area contributed by atoms with Gasteiger partial charge in [0.1, 0.15) is 0 Å². The summed E-state index contributed by atoms with van der Waals surface area (Å²) < 4.78 is 6.17. The first kappa shape index (κ1) is 21.7. The molecule has 30 heavy (non-hydrogen) atoms. The van der Waals surface area contributed by atoms with Gasteiger partial charge in [-0.25, -0.2) is 0 Å². The number of carbonyl (C=O) groups excluding carboxylic acids is 2. The smallest absolute Gasteiger partial charge is 0.243 e. The van der Waals surface area contributed by atoms with Crippen LogP contribution in [0.2, 0.25) is 0 Å². The molecule has 0 saturated heterocycles. The molecule has 0 spiro atoms. The first-order valence-electron chi connectivity index (χ1n) is 9.69. The zero-order chi connectivity index (χ0) is 21.5. The Balaban J connectivity index is 1.44. The highest BCUT2D eigenvalue weighted by atomic mass is 79.9. The summed E-state index contributed by atoms with van der Waals surface area (Å²) in [5, 5.41) is 9.36. The first-order valence-corrected chi connectivity index (χ1v) is 10.5. The number of amides is 2. The standard InChI is InChI=1S/C22H23BrN4O3/c1-3-15-4-6-16(7-5-15)22-26-21(30-27-22)11-10-19(28)24-13-20(29)25-18-9-8-17(23)12-14(18)2/h4-9,12H,3,10-11,13H2,1-2H3,(H,24,28)(H,25,29). The van der Waals surface area contributed by atoms with Crippen molar-refractivity contribution >= 4 is 33.4 Å². The molecule has 2 aromatic carbocycles. The number of benzene rings is 2. The van der Waals surface area contributed by atoms with E-state index in [1.54, 1.807) is 0 Å². The maximum absolute atomic E-state index is 12.1. The molecule has 2 amide bonds. The molecule has 0 fully saturated rings. The number of rotatable bonds is 8. The van der Waals surface area contributed by atoms with Gasteiger partial charge in [-0.1, -0.05) is 52.3 Å². The van der Waals surface area contributed by atoms with Crippen molar-refractivity contribution in [3.05, 3.63) is 64.0 Å². The molecule has 0 radical (unpaired) electrons. The molecule has 0 aliphatic rings. The van der Waals surface area contributed by atoms with E-state index in [-0.39, 0.29) is 24.8 Å². The van der Waals surface area contributed by atoms with Gasteiger partial charge in [0.05, 0.1) is 6.54 Å². The lowest BCUT2D eigenvalue weighted by atomic mass is 10.1. The molecule has 1 heterocycles. The van der Waals surface area contributed by atoms with Gasteiger partial charge in [-0.3, -0.25) is 9.59 Å². The summed E-state index contributed by atoms with van der Waals surface area (Å²) in [6.07, 6.45) is 1.42. The van der Waals surface area contributed by atoms with Gasteiger partial charge >= 0.3 is 0 Å². The fourth-order valence-electron chi connectivity index (χ4n) is 2.81. The predicted octanol–water partition coefficient (Wildman–Crippen LogP) is 4.06. The average molecular weight is 471 g/mol. The van der Waals surface area contributed by atoms with E-state index in [0.29, 0.717) is 23.8 Å². The Morgan fingerprint density at radius 2 is 1.87 bits per heavy atom. The molecule has 3 aromatic rings. The van der Waals surface area contributed by atoms with Crippen LogP contribution in [-0.2, 0) is 22.4 Å². The molecule has 8 heteroatoms. The highest BCUT2D eigenvalue weighted by Gasteiger charge is 2.12. The number of nitrogens with zero attached hydrogens (tertiary/aromatic N) is 2. The summed E-state index contributed by atoms with van der Waals surface area (Å²) in [5.41, 5.74) is 3.74. The van der Waals surface area contributed by atoms with Crippen molar-refractivity contribution in [1.82, 2.24) is 15.5 Å². The molecule has 0 atom stereocenters. The number of halogens is 1. The summed E-state index contributed by atoms with van der Waals surface area (Å²) in [6, 6.07) is 13.5. The van der Waals surface area contributed by atoms with Crippen LogP contribution in [0.3, 0.4) is 0 Å². The maximum atomic E-state index is 12.1. The summed E-state index contributed by atoms with van der Waals surface area (Å²) in [5.74, 6) is 0.334. The van der Waals surface area contributed by atoms with Crippen molar-refractivity contribution < 1.29 is 14.1 Å². The first-order chi connectivity index (χ1) is 14.4. The van der Waals surface area contributed by atoms with Crippen LogP contribution in [0.25, 0.3) is 11.4 Å². The summed E-state index contributed by atoms with van der Waals surface area (Å²) in [4.78, 5) is 28.4. The minimum Gasteiger partial charge on any atom is -0.347 e. The van der Waals surface area contributed by atoms with Gasteiger partial charge in [0.25, 0.3) is 0 Å². The normalized spacial score (nSPS) is 10.6. The van der Waals surface area contributed by atoms with E-state index in [2.05, 4.69) is 43.6 Å².